The fraction of sp³-hybridized carbons (Fsp3) is 0.636. The smallest absolute Gasteiger partial charge is 0.322 e. The minimum absolute atomic E-state index is 0.0661. The average molecular weight is 371 g/mol. The molecule has 5 nitrogen and oxygen atoms in total. The summed E-state index contributed by atoms with van der Waals surface area (Å²) in [5.74, 6) is 2.09. The highest BCUT2D eigenvalue weighted by Crippen LogP contribution is 2.55. The van der Waals surface area contributed by atoms with Crippen molar-refractivity contribution < 1.29 is 14.9 Å². The van der Waals surface area contributed by atoms with E-state index >= 15 is 0 Å². The number of quaternary nitrogens is 1. The molecule has 0 saturated heterocycles. The number of hydrogen-bond donors (Lipinski definition) is 3. The van der Waals surface area contributed by atoms with Gasteiger partial charge in [-0.2, -0.15) is 0 Å². The van der Waals surface area contributed by atoms with Crippen LogP contribution in [0.5, 0.6) is 0 Å². The van der Waals surface area contributed by atoms with Gasteiger partial charge in [-0.1, -0.05) is 30.3 Å². The highest BCUT2D eigenvalue weighted by molar-refractivity contribution is 5.96. The summed E-state index contributed by atoms with van der Waals surface area (Å²) < 4.78 is 0. The summed E-state index contributed by atoms with van der Waals surface area (Å²) in [4.78, 5) is 25.0. The van der Waals surface area contributed by atoms with Crippen molar-refractivity contribution in [1.29, 1.82) is 0 Å². The summed E-state index contributed by atoms with van der Waals surface area (Å²) in [6.07, 6.45) is 7.29. The molecular formula is C22H32N3O2+. The highest BCUT2D eigenvalue weighted by atomic mass is 16.2. The quantitative estimate of drug-likeness (QED) is 0.745. The molecule has 0 aliphatic heterocycles. The molecule has 0 unspecified atom stereocenters. The number of hydrogen-bond acceptors (Lipinski definition) is 2. The molecule has 4 fully saturated rings. The van der Waals surface area contributed by atoms with Gasteiger partial charge in [-0.05, 0) is 70.1 Å². The van der Waals surface area contributed by atoms with Crippen LogP contribution in [0.1, 0.15) is 64.0 Å². The first-order valence-electron chi connectivity index (χ1n) is 10.5. The number of rotatable bonds is 5. The second-order valence-corrected chi connectivity index (χ2v) is 9.32. The molecule has 3 amide bonds. The van der Waals surface area contributed by atoms with E-state index in [1.165, 1.54) is 24.8 Å². The number of nitrogens with two attached hydrogens (primary N) is 1. The lowest BCUT2D eigenvalue weighted by Gasteiger charge is -2.56. The van der Waals surface area contributed by atoms with E-state index in [4.69, 9.17) is 0 Å². The van der Waals surface area contributed by atoms with Crippen LogP contribution < -0.4 is 16.0 Å². The number of nitrogens with one attached hydrogen (secondary N) is 2. The summed E-state index contributed by atoms with van der Waals surface area (Å²) in [7, 11) is 0. The lowest BCUT2D eigenvalue weighted by molar-refractivity contribution is -0.710. The summed E-state index contributed by atoms with van der Waals surface area (Å²) >= 11 is 0. The van der Waals surface area contributed by atoms with E-state index in [-0.39, 0.29) is 29.6 Å². The highest BCUT2D eigenvalue weighted by Gasteiger charge is 2.51. The maximum atomic E-state index is 12.5. The molecule has 0 radical (unpaired) electrons. The van der Waals surface area contributed by atoms with Gasteiger partial charge in [-0.15, -0.1) is 0 Å². The maximum absolute atomic E-state index is 12.5. The fourth-order valence-electron chi connectivity index (χ4n) is 6.15. The third-order valence-corrected chi connectivity index (χ3v) is 6.97. The van der Waals surface area contributed by atoms with E-state index in [1.807, 2.05) is 30.4 Å². The Morgan fingerprint density at radius 1 is 1.00 bits per heavy atom. The zero-order valence-electron chi connectivity index (χ0n) is 16.4. The van der Waals surface area contributed by atoms with Gasteiger partial charge in [-0.3, -0.25) is 10.1 Å². The first-order valence-corrected chi connectivity index (χ1v) is 10.5. The van der Waals surface area contributed by atoms with E-state index in [2.05, 4.69) is 29.7 Å². The standard InChI is InChI=1S/C22H31N3O2/c1-14(19-6-4-3-5-7-19)23-15(2)20(26)24-21(27)25-22-11-16-8-17(12-22)10-18(9-16)13-22/h3-7,14-18,23H,8-13H2,1-2H3,(H2,24,25,26,27)/p+1/t14-,15+,16?,17?,18?,22?/m1/s1. The van der Waals surface area contributed by atoms with Crippen LogP contribution >= 0.6 is 0 Å². The van der Waals surface area contributed by atoms with E-state index in [9.17, 15) is 9.59 Å². The molecule has 0 heterocycles. The van der Waals surface area contributed by atoms with Crippen molar-refractivity contribution in [2.24, 2.45) is 17.8 Å². The molecule has 5 rings (SSSR count). The molecule has 1 aromatic carbocycles. The van der Waals surface area contributed by atoms with Gasteiger partial charge < -0.3 is 10.6 Å². The third kappa shape index (κ3) is 4.03. The number of carbonyl (C=O) groups is 2. The predicted molar refractivity (Wildman–Crippen MR) is 104 cm³/mol. The number of amides is 3. The van der Waals surface area contributed by atoms with Crippen LogP contribution in [0.4, 0.5) is 4.79 Å². The van der Waals surface area contributed by atoms with Crippen LogP contribution in [0.25, 0.3) is 0 Å². The molecule has 4 N–H and O–H groups in total. The molecule has 4 aliphatic rings. The molecule has 1 aromatic rings. The summed E-state index contributed by atoms with van der Waals surface area (Å²) in [6, 6.07) is 9.65. The van der Waals surface area contributed by atoms with Crippen molar-refractivity contribution in [1.82, 2.24) is 10.6 Å². The topological polar surface area (TPSA) is 74.8 Å². The molecule has 27 heavy (non-hydrogen) atoms. The zero-order chi connectivity index (χ0) is 19.0. The molecule has 4 saturated carbocycles. The molecule has 4 aliphatic carbocycles. The Hall–Kier alpha value is -1.88. The Labute approximate surface area is 161 Å². The molecule has 0 spiro atoms. The Bertz CT molecular complexity index is 667. The van der Waals surface area contributed by atoms with Crippen molar-refractivity contribution in [2.45, 2.75) is 70.0 Å². The minimum Gasteiger partial charge on any atom is -0.332 e. The van der Waals surface area contributed by atoms with Gasteiger partial charge in [0.15, 0.2) is 6.04 Å². The van der Waals surface area contributed by atoms with Crippen molar-refractivity contribution >= 4 is 11.9 Å². The van der Waals surface area contributed by atoms with Crippen molar-refractivity contribution in [2.75, 3.05) is 0 Å². The Morgan fingerprint density at radius 3 is 2.11 bits per heavy atom. The van der Waals surface area contributed by atoms with E-state index in [0.29, 0.717) is 0 Å². The Balaban J connectivity index is 1.29. The number of carbonyl (C=O) groups excluding carboxylic acids is 2. The van der Waals surface area contributed by atoms with Gasteiger partial charge >= 0.3 is 6.03 Å². The fourth-order valence-corrected chi connectivity index (χ4v) is 6.15. The van der Waals surface area contributed by atoms with E-state index < -0.39 is 0 Å². The number of urea groups is 1. The van der Waals surface area contributed by atoms with Crippen LogP contribution in [0.3, 0.4) is 0 Å². The molecule has 5 heteroatoms. The largest absolute Gasteiger partial charge is 0.332 e. The zero-order valence-corrected chi connectivity index (χ0v) is 16.4. The Kier molecular flexibility index (Phi) is 4.97. The van der Waals surface area contributed by atoms with Gasteiger partial charge in [0.05, 0.1) is 0 Å². The van der Waals surface area contributed by atoms with E-state index in [1.54, 1.807) is 0 Å². The number of imide groups is 1. The lowest BCUT2D eigenvalue weighted by atomic mass is 9.53. The maximum Gasteiger partial charge on any atom is 0.322 e. The van der Waals surface area contributed by atoms with Crippen LogP contribution in [0.2, 0.25) is 0 Å². The molecule has 4 bridgehead atoms. The summed E-state index contributed by atoms with van der Waals surface area (Å²) in [6.45, 7) is 3.93. The minimum atomic E-state index is -0.317. The van der Waals surface area contributed by atoms with Gasteiger partial charge in [0, 0.05) is 11.1 Å². The van der Waals surface area contributed by atoms with Gasteiger partial charge in [-0.25, -0.2) is 4.79 Å². The molecule has 0 aromatic heterocycles. The monoisotopic (exact) mass is 370 g/mol. The molecular weight excluding hydrogens is 338 g/mol. The first-order chi connectivity index (χ1) is 12.9. The summed E-state index contributed by atoms with van der Waals surface area (Å²) in [5.41, 5.74) is 1.11. The van der Waals surface area contributed by atoms with Crippen molar-refractivity contribution in [3.8, 4) is 0 Å². The van der Waals surface area contributed by atoms with Crippen LogP contribution in [-0.4, -0.2) is 23.5 Å². The third-order valence-electron chi connectivity index (χ3n) is 6.97. The average Bonchev–Trinajstić information content (AvgIpc) is 2.60. The second-order valence-electron chi connectivity index (χ2n) is 9.32. The van der Waals surface area contributed by atoms with Crippen molar-refractivity contribution in [3.05, 3.63) is 35.9 Å². The first kappa shape index (κ1) is 18.5. The van der Waals surface area contributed by atoms with Crippen LogP contribution in [0, 0.1) is 17.8 Å². The van der Waals surface area contributed by atoms with Crippen LogP contribution in [-0.2, 0) is 4.79 Å². The lowest BCUT2D eigenvalue weighted by Crippen LogP contribution is -2.92. The Morgan fingerprint density at radius 2 is 1.56 bits per heavy atom. The van der Waals surface area contributed by atoms with Gasteiger partial charge in [0.1, 0.15) is 6.04 Å². The van der Waals surface area contributed by atoms with Crippen molar-refractivity contribution in [3.63, 3.8) is 0 Å². The molecule has 146 valence electrons. The van der Waals surface area contributed by atoms with Gasteiger partial charge in [0.2, 0.25) is 0 Å². The van der Waals surface area contributed by atoms with Crippen LogP contribution in [0.15, 0.2) is 30.3 Å². The van der Waals surface area contributed by atoms with Gasteiger partial charge in [0.25, 0.3) is 5.91 Å². The SMILES string of the molecule is C[C@H]([NH2+][C@H](C)c1ccccc1)C(=O)NC(=O)NC12CC3CC(CC(C3)C1)C2. The summed E-state index contributed by atoms with van der Waals surface area (Å²) in [5, 5.41) is 7.80. The number of benzene rings is 1. The normalized spacial score (nSPS) is 33.3. The second kappa shape index (κ2) is 7.27. The van der Waals surface area contributed by atoms with E-state index in [0.717, 1.165) is 37.0 Å². The molecule has 2 atom stereocenters. The predicted octanol–water partition coefficient (Wildman–Crippen LogP) is 2.49.